The van der Waals surface area contributed by atoms with E-state index in [-0.39, 0.29) is 17.5 Å². The van der Waals surface area contributed by atoms with Crippen molar-refractivity contribution in [3.8, 4) is 0 Å². The molecule has 114 valence electrons. The lowest BCUT2D eigenvalue weighted by atomic mass is 9.75. The highest BCUT2D eigenvalue weighted by atomic mass is 79.9. The zero-order valence-corrected chi connectivity index (χ0v) is 13.8. The molecule has 0 bridgehead atoms. The summed E-state index contributed by atoms with van der Waals surface area (Å²) in [5.41, 5.74) is 0.893. The molecule has 1 unspecified atom stereocenters. The molecule has 1 aromatic rings. The van der Waals surface area contributed by atoms with E-state index in [2.05, 4.69) is 31.5 Å². The van der Waals surface area contributed by atoms with Crippen LogP contribution < -0.4 is 10.6 Å². The fourth-order valence-electron chi connectivity index (χ4n) is 3.69. The molecule has 0 radical (unpaired) electrons. The largest absolute Gasteiger partial charge is 0.349 e. The van der Waals surface area contributed by atoms with Gasteiger partial charge in [-0.25, -0.2) is 0 Å². The minimum atomic E-state index is -0.0124. The average molecular weight is 352 g/mol. The first kappa shape index (κ1) is 15.0. The summed E-state index contributed by atoms with van der Waals surface area (Å²) in [6.45, 7) is 1.00. The summed E-state index contributed by atoms with van der Waals surface area (Å²) >= 11 is 3.36. The molecule has 2 fully saturated rings. The molecule has 1 atom stereocenters. The van der Waals surface area contributed by atoms with Crippen molar-refractivity contribution in [3.63, 3.8) is 0 Å². The Hall–Kier alpha value is -0.940. The number of carbonyl (C=O) groups is 1. The number of aromatic nitrogens is 1. The Morgan fingerprint density at radius 3 is 2.90 bits per heavy atom. The van der Waals surface area contributed by atoms with Crippen LogP contribution in [0.2, 0.25) is 0 Å². The Kier molecular flexibility index (Phi) is 4.60. The van der Waals surface area contributed by atoms with Crippen LogP contribution in [0.4, 0.5) is 0 Å². The van der Waals surface area contributed by atoms with Crippen LogP contribution in [-0.2, 0) is 0 Å². The topological polar surface area (TPSA) is 54.0 Å². The van der Waals surface area contributed by atoms with Gasteiger partial charge < -0.3 is 10.6 Å². The van der Waals surface area contributed by atoms with Gasteiger partial charge in [0.15, 0.2) is 0 Å². The maximum Gasteiger partial charge on any atom is 0.253 e. The second-order valence-corrected chi connectivity index (χ2v) is 7.24. The quantitative estimate of drug-likeness (QED) is 0.860. The maximum atomic E-state index is 12.3. The van der Waals surface area contributed by atoms with E-state index in [1.165, 1.54) is 32.1 Å². The van der Waals surface area contributed by atoms with Crippen LogP contribution in [0.5, 0.6) is 0 Å². The van der Waals surface area contributed by atoms with Crippen molar-refractivity contribution >= 4 is 21.8 Å². The molecule has 3 rings (SSSR count). The number of nitrogens with one attached hydrogen (secondary N) is 2. The minimum Gasteiger partial charge on any atom is -0.349 e. The van der Waals surface area contributed by atoms with Gasteiger partial charge in [0.1, 0.15) is 0 Å². The SMILES string of the molecule is O=C(NC1CCNC2(CCCCC2)C1)c1cncc(Br)c1. The Bertz CT molecular complexity index is 508. The van der Waals surface area contributed by atoms with Crippen LogP contribution in [0.15, 0.2) is 22.9 Å². The molecule has 2 heterocycles. The third-order valence-electron chi connectivity index (χ3n) is 4.74. The van der Waals surface area contributed by atoms with Crippen LogP contribution in [0.3, 0.4) is 0 Å². The molecule has 2 aliphatic rings. The lowest BCUT2D eigenvalue weighted by Gasteiger charge is -2.44. The molecule has 21 heavy (non-hydrogen) atoms. The molecule has 1 saturated heterocycles. The summed E-state index contributed by atoms with van der Waals surface area (Å²) in [6.07, 6.45) is 11.8. The summed E-state index contributed by atoms with van der Waals surface area (Å²) in [7, 11) is 0. The third kappa shape index (κ3) is 3.64. The fourth-order valence-corrected chi connectivity index (χ4v) is 4.06. The van der Waals surface area contributed by atoms with Gasteiger partial charge in [0.05, 0.1) is 5.56 Å². The van der Waals surface area contributed by atoms with E-state index in [0.717, 1.165) is 23.9 Å². The van der Waals surface area contributed by atoms with Crippen molar-refractivity contribution in [2.75, 3.05) is 6.54 Å². The summed E-state index contributed by atoms with van der Waals surface area (Å²) in [4.78, 5) is 16.4. The van der Waals surface area contributed by atoms with Crippen molar-refractivity contribution in [1.82, 2.24) is 15.6 Å². The fraction of sp³-hybridized carbons (Fsp3) is 0.625. The predicted octanol–water partition coefficient (Wildman–Crippen LogP) is 3.03. The van der Waals surface area contributed by atoms with E-state index in [0.29, 0.717) is 5.56 Å². The molecule has 1 aliphatic heterocycles. The van der Waals surface area contributed by atoms with E-state index in [9.17, 15) is 4.79 Å². The standard InChI is InChI=1S/C16H22BrN3O/c17-13-8-12(10-18-11-13)15(21)20-14-4-7-19-16(9-14)5-2-1-3-6-16/h8,10-11,14,19H,1-7,9H2,(H,20,21). The molecule has 1 amide bonds. The molecule has 4 nitrogen and oxygen atoms in total. The lowest BCUT2D eigenvalue weighted by Crippen LogP contribution is -2.57. The number of piperidine rings is 1. The number of amides is 1. The van der Waals surface area contributed by atoms with Gasteiger partial charge in [-0.3, -0.25) is 9.78 Å². The van der Waals surface area contributed by atoms with Gasteiger partial charge in [-0.15, -0.1) is 0 Å². The molecule has 1 aliphatic carbocycles. The van der Waals surface area contributed by atoms with Gasteiger partial charge in [0.25, 0.3) is 5.91 Å². The zero-order valence-electron chi connectivity index (χ0n) is 12.2. The van der Waals surface area contributed by atoms with Gasteiger partial charge >= 0.3 is 0 Å². The Morgan fingerprint density at radius 2 is 2.14 bits per heavy atom. The first-order valence-corrected chi connectivity index (χ1v) is 8.63. The monoisotopic (exact) mass is 351 g/mol. The number of hydrogen-bond donors (Lipinski definition) is 2. The highest BCUT2D eigenvalue weighted by Gasteiger charge is 2.37. The van der Waals surface area contributed by atoms with Crippen LogP contribution >= 0.6 is 15.9 Å². The minimum absolute atomic E-state index is 0.0124. The lowest BCUT2D eigenvalue weighted by molar-refractivity contribution is 0.0892. The van der Waals surface area contributed by atoms with Crippen molar-refractivity contribution in [3.05, 3.63) is 28.5 Å². The third-order valence-corrected chi connectivity index (χ3v) is 5.18. The van der Waals surface area contributed by atoms with Gasteiger partial charge in [0, 0.05) is 28.4 Å². The molecular weight excluding hydrogens is 330 g/mol. The number of nitrogens with zero attached hydrogens (tertiary/aromatic N) is 1. The van der Waals surface area contributed by atoms with Crippen molar-refractivity contribution in [2.45, 2.75) is 56.5 Å². The number of halogens is 1. The predicted molar refractivity (Wildman–Crippen MR) is 86.2 cm³/mol. The second-order valence-electron chi connectivity index (χ2n) is 6.32. The highest BCUT2D eigenvalue weighted by molar-refractivity contribution is 9.10. The second kappa shape index (κ2) is 6.44. The van der Waals surface area contributed by atoms with Gasteiger partial charge in [-0.1, -0.05) is 19.3 Å². The van der Waals surface area contributed by atoms with E-state index in [4.69, 9.17) is 0 Å². The highest BCUT2D eigenvalue weighted by Crippen LogP contribution is 2.34. The Labute approximate surface area is 134 Å². The zero-order chi connectivity index (χ0) is 14.7. The van der Waals surface area contributed by atoms with Crippen LogP contribution in [0, 0.1) is 0 Å². The Balaban J connectivity index is 1.63. The maximum absolute atomic E-state index is 12.3. The Morgan fingerprint density at radius 1 is 1.33 bits per heavy atom. The summed E-state index contributed by atoms with van der Waals surface area (Å²) in [6, 6.07) is 2.09. The van der Waals surface area contributed by atoms with Gasteiger partial charge in [-0.2, -0.15) is 0 Å². The first-order valence-electron chi connectivity index (χ1n) is 7.83. The van der Waals surface area contributed by atoms with E-state index < -0.39 is 0 Å². The molecule has 1 saturated carbocycles. The van der Waals surface area contributed by atoms with Crippen LogP contribution in [-0.4, -0.2) is 29.0 Å². The van der Waals surface area contributed by atoms with Gasteiger partial charge in [-0.05, 0) is 54.2 Å². The summed E-state index contributed by atoms with van der Waals surface area (Å²) in [5.74, 6) is -0.0124. The average Bonchev–Trinajstić information content (AvgIpc) is 2.48. The number of rotatable bonds is 2. The number of hydrogen-bond acceptors (Lipinski definition) is 3. The van der Waals surface area contributed by atoms with Gasteiger partial charge in [0.2, 0.25) is 0 Å². The van der Waals surface area contributed by atoms with Crippen molar-refractivity contribution in [1.29, 1.82) is 0 Å². The molecule has 1 spiro atoms. The summed E-state index contributed by atoms with van der Waals surface area (Å²) in [5, 5.41) is 6.91. The van der Waals surface area contributed by atoms with Crippen LogP contribution in [0.25, 0.3) is 0 Å². The van der Waals surface area contributed by atoms with Crippen molar-refractivity contribution < 1.29 is 4.79 Å². The van der Waals surface area contributed by atoms with Crippen LogP contribution in [0.1, 0.15) is 55.3 Å². The van der Waals surface area contributed by atoms with Crippen molar-refractivity contribution in [2.24, 2.45) is 0 Å². The van der Waals surface area contributed by atoms with E-state index in [1.807, 2.05) is 6.07 Å². The first-order chi connectivity index (χ1) is 10.2. The summed E-state index contributed by atoms with van der Waals surface area (Å²) < 4.78 is 0.837. The smallest absolute Gasteiger partial charge is 0.253 e. The molecule has 5 heteroatoms. The number of carbonyl (C=O) groups excluding carboxylic acids is 1. The van der Waals surface area contributed by atoms with E-state index >= 15 is 0 Å². The normalized spacial score (nSPS) is 24.7. The molecule has 0 aromatic carbocycles. The molecule has 1 aromatic heterocycles. The molecular formula is C16H22BrN3O. The molecule has 2 N–H and O–H groups in total. The van der Waals surface area contributed by atoms with E-state index in [1.54, 1.807) is 12.4 Å². The number of pyridine rings is 1.